The van der Waals surface area contributed by atoms with Crippen molar-refractivity contribution in [2.45, 2.75) is 32.6 Å². The van der Waals surface area contributed by atoms with Crippen molar-refractivity contribution in [2.75, 3.05) is 13.1 Å². The van der Waals surface area contributed by atoms with Crippen molar-refractivity contribution in [3.05, 3.63) is 30.1 Å². The van der Waals surface area contributed by atoms with E-state index >= 15 is 0 Å². The normalized spacial score (nSPS) is 20.0. The second-order valence-electron chi connectivity index (χ2n) is 5.82. The van der Waals surface area contributed by atoms with E-state index < -0.39 is 5.97 Å². The number of amides is 1. The molecule has 2 unspecified atom stereocenters. The van der Waals surface area contributed by atoms with E-state index in [1.165, 1.54) is 0 Å². The topological polar surface area (TPSA) is 70.5 Å². The molecule has 114 valence electrons. The lowest BCUT2D eigenvalue weighted by molar-refractivity contribution is -0.138. The molecule has 1 saturated heterocycles. The van der Waals surface area contributed by atoms with Crippen LogP contribution < -0.4 is 0 Å². The van der Waals surface area contributed by atoms with Gasteiger partial charge in [-0.05, 0) is 36.8 Å². The van der Waals surface area contributed by atoms with E-state index in [1.807, 2.05) is 30.0 Å². The van der Waals surface area contributed by atoms with Gasteiger partial charge in [0.15, 0.2) is 0 Å². The first-order valence-corrected chi connectivity index (χ1v) is 7.45. The number of carboxylic acid groups (broad SMARTS) is 1. The molecule has 0 aliphatic carbocycles. The molecule has 5 nitrogen and oxygen atoms in total. The SMILES string of the molecule is CC(CC(=O)O)C1CCCN(C(=O)Cc2ccccn2)C1. The number of likely N-dealkylation sites (tertiary alicyclic amines) is 1. The molecule has 1 aliphatic rings. The van der Waals surface area contributed by atoms with Gasteiger partial charge in [0.2, 0.25) is 5.91 Å². The summed E-state index contributed by atoms with van der Waals surface area (Å²) < 4.78 is 0. The number of rotatable bonds is 5. The van der Waals surface area contributed by atoms with Crippen LogP contribution in [0.4, 0.5) is 0 Å². The summed E-state index contributed by atoms with van der Waals surface area (Å²) in [5.41, 5.74) is 0.781. The van der Waals surface area contributed by atoms with Crippen LogP contribution in [-0.2, 0) is 16.0 Å². The number of carbonyl (C=O) groups excluding carboxylic acids is 1. The summed E-state index contributed by atoms with van der Waals surface area (Å²) in [6, 6.07) is 5.56. The smallest absolute Gasteiger partial charge is 0.303 e. The largest absolute Gasteiger partial charge is 0.481 e. The lowest BCUT2D eigenvalue weighted by Crippen LogP contribution is -2.42. The number of aromatic nitrogens is 1. The van der Waals surface area contributed by atoms with Crippen molar-refractivity contribution in [3.8, 4) is 0 Å². The van der Waals surface area contributed by atoms with Crippen molar-refractivity contribution >= 4 is 11.9 Å². The van der Waals surface area contributed by atoms with Gasteiger partial charge in [-0.3, -0.25) is 14.6 Å². The molecule has 1 fully saturated rings. The van der Waals surface area contributed by atoms with Crippen LogP contribution in [0.25, 0.3) is 0 Å². The van der Waals surface area contributed by atoms with E-state index in [2.05, 4.69) is 4.98 Å². The van der Waals surface area contributed by atoms with Crippen molar-refractivity contribution in [3.63, 3.8) is 0 Å². The van der Waals surface area contributed by atoms with Crippen LogP contribution in [0.5, 0.6) is 0 Å². The molecule has 1 N–H and O–H groups in total. The summed E-state index contributed by atoms with van der Waals surface area (Å²) in [6.45, 7) is 3.40. The van der Waals surface area contributed by atoms with E-state index in [9.17, 15) is 9.59 Å². The first-order valence-electron chi connectivity index (χ1n) is 7.45. The van der Waals surface area contributed by atoms with Crippen molar-refractivity contribution in [1.82, 2.24) is 9.88 Å². The second-order valence-corrected chi connectivity index (χ2v) is 5.82. The number of piperidine rings is 1. The molecular formula is C16H22N2O3. The Kier molecular flexibility index (Phi) is 5.31. The number of nitrogens with zero attached hydrogens (tertiary/aromatic N) is 2. The zero-order chi connectivity index (χ0) is 15.2. The van der Waals surface area contributed by atoms with Gasteiger partial charge in [0.05, 0.1) is 6.42 Å². The highest BCUT2D eigenvalue weighted by atomic mass is 16.4. The summed E-state index contributed by atoms with van der Waals surface area (Å²) in [4.78, 5) is 29.2. The number of hydrogen-bond donors (Lipinski definition) is 1. The van der Waals surface area contributed by atoms with Gasteiger partial charge in [-0.25, -0.2) is 0 Å². The van der Waals surface area contributed by atoms with Gasteiger partial charge in [-0.2, -0.15) is 0 Å². The lowest BCUT2D eigenvalue weighted by Gasteiger charge is -2.35. The standard InChI is InChI=1S/C16H22N2O3/c1-12(9-16(20)21)13-5-4-8-18(11-13)15(19)10-14-6-2-3-7-17-14/h2-3,6-7,12-13H,4-5,8-11H2,1H3,(H,20,21). The van der Waals surface area contributed by atoms with E-state index in [4.69, 9.17) is 5.11 Å². The number of aliphatic carboxylic acids is 1. The van der Waals surface area contributed by atoms with Crippen LogP contribution in [-0.4, -0.2) is 40.0 Å². The molecule has 0 bridgehead atoms. The summed E-state index contributed by atoms with van der Waals surface area (Å²) >= 11 is 0. The molecular weight excluding hydrogens is 268 g/mol. The second kappa shape index (κ2) is 7.20. The summed E-state index contributed by atoms with van der Waals surface area (Å²) in [5, 5.41) is 8.90. The molecule has 1 aromatic heterocycles. The molecule has 0 saturated carbocycles. The Hall–Kier alpha value is -1.91. The third-order valence-electron chi connectivity index (χ3n) is 4.17. The highest BCUT2D eigenvalue weighted by Crippen LogP contribution is 2.26. The highest BCUT2D eigenvalue weighted by Gasteiger charge is 2.28. The van der Waals surface area contributed by atoms with Crippen molar-refractivity contribution < 1.29 is 14.7 Å². The number of carboxylic acids is 1. The zero-order valence-corrected chi connectivity index (χ0v) is 12.4. The minimum Gasteiger partial charge on any atom is -0.481 e. The van der Waals surface area contributed by atoms with Gasteiger partial charge in [-0.15, -0.1) is 0 Å². The maximum absolute atomic E-state index is 12.3. The predicted octanol–water partition coefficient (Wildman–Crippen LogP) is 1.97. The van der Waals surface area contributed by atoms with Crippen molar-refractivity contribution in [2.24, 2.45) is 11.8 Å². The molecule has 0 spiro atoms. The Bertz CT molecular complexity index is 490. The first-order chi connectivity index (χ1) is 10.1. The van der Waals surface area contributed by atoms with E-state index in [0.717, 1.165) is 25.1 Å². The van der Waals surface area contributed by atoms with Crippen LogP contribution in [0.2, 0.25) is 0 Å². The van der Waals surface area contributed by atoms with Gasteiger partial charge < -0.3 is 10.0 Å². The summed E-state index contributed by atoms with van der Waals surface area (Å²) in [7, 11) is 0. The first kappa shape index (κ1) is 15.5. The fourth-order valence-electron chi connectivity index (χ4n) is 2.91. The molecule has 0 aromatic carbocycles. The Labute approximate surface area is 125 Å². The van der Waals surface area contributed by atoms with Crippen LogP contribution in [0.15, 0.2) is 24.4 Å². The third kappa shape index (κ3) is 4.55. The number of hydrogen-bond acceptors (Lipinski definition) is 3. The fraction of sp³-hybridized carbons (Fsp3) is 0.562. The molecule has 5 heteroatoms. The molecule has 2 rings (SSSR count). The van der Waals surface area contributed by atoms with Gasteiger partial charge >= 0.3 is 5.97 Å². The molecule has 1 aromatic rings. The van der Waals surface area contributed by atoms with Crippen LogP contribution >= 0.6 is 0 Å². The third-order valence-corrected chi connectivity index (χ3v) is 4.17. The summed E-state index contributed by atoms with van der Waals surface area (Å²) in [5.74, 6) is -0.296. The quantitative estimate of drug-likeness (QED) is 0.900. The van der Waals surface area contributed by atoms with Crippen molar-refractivity contribution in [1.29, 1.82) is 0 Å². The molecule has 21 heavy (non-hydrogen) atoms. The molecule has 2 heterocycles. The van der Waals surface area contributed by atoms with Crippen LogP contribution in [0.1, 0.15) is 31.9 Å². The number of pyridine rings is 1. The minimum atomic E-state index is -0.764. The minimum absolute atomic E-state index is 0.0842. The average Bonchev–Trinajstić information content (AvgIpc) is 2.47. The highest BCUT2D eigenvalue weighted by molar-refractivity contribution is 5.78. The van der Waals surface area contributed by atoms with Crippen LogP contribution in [0.3, 0.4) is 0 Å². The van der Waals surface area contributed by atoms with Gasteiger partial charge in [0.25, 0.3) is 0 Å². The van der Waals surface area contributed by atoms with Gasteiger partial charge in [0, 0.05) is 31.4 Å². The van der Waals surface area contributed by atoms with E-state index in [-0.39, 0.29) is 24.2 Å². The molecule has 1 aliphatic heterocycles. The van der Waals surface area contributed by atoms with Gasteiger partial charge in [0.1, 0.15) is 0 Å². The Balaban J connectivity index is 1.91. The Morgan fingerprint density at radius 2 is 2.29 bits per heavy atom. The molecule has 2 atom stereocenters. The monoisotopic (exact) mass is 290 g/mol. The zero-order valence-electron chi connectivity index (χ0n) is 12.4. The maximum atomic E-state index is 12.3. The Morgan fingerprint density at radius 1 is 1.48 bits per heavy atom. The molecule has 1 amide bonds. The predicted molar refractivity (Wildman–Crippen MR) is 78.7 cm³/mol. The van der Waals surface area contributed by atoms with E-state index in [1.54, 1.807) is 6.20 Å². The lowest BCUT2D eigenvalue weighted by atomic mass is 9.84. The maximum Gasteiger partial charge on any atom is 0.303 e. The summed E-state index contributed by atoms with van der Waals surface area (Å²) in [6.07, 6.45) is 4.13. The van der Waals surface area contributed by atoms with E-state index in [0.29, 0.717) is 13.0 Å². The Morgan fingerprint density at radius 3 is 2.95 bits per heavy atom. The van der Waals surface area contributed by atoms with Gasteiger partial charge in [-0.1, -0.05) is 13.0 Å². The molecule has 0 radical (unpaired) electrons. The average molecular weight is 290 g/mol. The fourth-order valence-corrected chi connectivity index (χ4v) is 2.91. The number of carbonyl (C=O) groups is 2. The van der Waals surface area contributed by atoms with Crippen LogP contribution in [0, 0.1) is 11.8 Å².